The molecule has 0 aromatic heterocycles. The van der Waals surface area contributed by atoms with Crippen LogP contribution in [-0.4, -0.2) is 60.9 Å². The van der Waals surface area contributed by atoms with Gasteiger partial charge in [0, 0.05) is 36.8 Å². The van der Waals surface area contributed by atoms with Gasteiger partial charge in [0.15, 0.2) is 0 Å². The summed E-state index contributed by atoms with van der Waals surface area (Å²) in [5.74, 6) is -0.320. The molecule has 162 valence electrons. The fourth-order valence-corrected chi connectivity index (χ4v) is 4.40. The van der Waals surface area contributed by atoms with E-state index in [0.717, 1.165) is 23.2 Å². The van der Waals surface area contributed by atoms with Crippen molar-refractivity contribution in [1.29, 1.82) is 0 Å². The van der Waals surface area contributed by atoms with Crippen molar-refractivity contribution in [3.8, 4) is 0 Å². The Labute approximate surface area is 184 Å². The van der Waals surface area contributed by atoms with Crippen LogP contribution in [-0.2, 0) is 19.5 Å². The van der Waals surface area contributed by atoms with Crippen LogP contribution in [0.3, 0.4) is 0 Å². The summed E-state index contributed by atoms with van der Waals surface area (Å²) in [6.45, 7) is 3.21. The number of hydrogen-bond donors (Lipinski definition) is 2. The van der Waals surface area contributed by atoms with Gasteiger partial charge in [0.05, 0.1) is 36.1 Å². The number of anilines is 2. The molecule has 0 atom stereocenters. The van der Waals surface area contributed by atoms with Gasteiger partial charge in [0.1, 0.15) is 0 Å². The van der Waals surface area contributed by atoms with Gasteiger partial charge in [-0.15, -0.1) is 0 Å². The fourth-order valence-electron chi connectivity index (χ4n) is 3.03. The molecule has 2 aromatic rings. The molecular formula is C20H24BrN3O5S. The van der Waals surface area contributed by atoms with Gasteiger partial charge in [-0.2, -0.15) is 0 Å². The lowest BCUT2D eigenvalue weighted by atomic mass is 10.2. The van der Waals surface area contributed by atoms with Gasteiger partial charge >= 0.3 is 0 Å². The number of carbonyl (C=O) groups excluding carboxylic acids is 1. The van der Waals surface area contributed by atoms with Gasteiger partial charge < -0.3 is 19.7 Å². The molecule has 1 amide bonds. The Hall–Kier alpha value is -1.98. The fraction of sp³-hybridized carbons (Fsp3) is 0.350. The Morgan fingerprint density at radius 1 is 1.17 bits per heavy atom. The Morgan fingerprint density at radius 3 is 2.53 bits per heavy atom. The van der Waals surface area contributed by atoms with Gasteiger partial charge in [-0.3, -0.25) is 4.79 Å². The van der Waals surface area contributed by atoms with Gasteiger partial charge in [-0.25, -0.2) is 13.1 Å². The lowest BCUT2D eigenvalue weighted by Gasteiger charge is -2.30. The predicted octanol–water partition coefficient (Wildman–Crippen LogP) is 2.46. The second kappa shape index (κ2) is 10.4. The summed E-state index contributed by atoms with van der Waals surface area (Å²) in [6, 6.07) is 11.5. The lowest BCUT2D eigenvalue weighted by Crippen LogP contribution is -2.36. The molecule has 2 aromatic carbocycles. The van der Waals surface area contributed by atoms with Crippen LogP contribution >= 0.6 is 15.9 Å². The van der Waals surface area contributed by atoms with E-state index in [1.165, 1.54) is 31.4 Å². The third-order valence-corrected chi connectivity index (χ3v) is 6.55. The molecule has 1 aliphatic rings. The van der Waals surface area contributed by atoms with Crippen molar-refractivity contribution in [2.45, 2.75) is 4.90 Å². The maximum atomic E-state index is 12.8. The zero-order valence-corrected chi connectivity index (χ0v) is 19.0. The Bertz CT molecular complexity index is 976. The average molecular weight is 498 g/mol. The number of carbonyl (C=O) groups is 1. The molecule has 1 heterocycles. The number of nitrogens with one attached hydrogen (secondary N) is 2. The SMILES string of the molecule is COCCNS(=O)(=O)c1ccc(C(=O)Nc2cc(Br)ccc2N2CCOCC2)cc1. The number of amides is 1. The first-order valence-corrected chi connectivity index (χ1v) is 11.7. The highest BCUT2D eigenvalue weighted by Crippen LogP contribution is 2.30. The largest absolute Gasteiger partial charge is 0.383 e. The highest BCUT2D eigenvalue weighted by molar-refractivity contribution is 9.10. The van der Waals surface area contributed by atoms with Crippen LogP contribution in [0, 0.1) is 0 Å². The molecule has 0 saturated carbocycles. The van der Waals surface area contributed by atoms with E-state index in [4.69, 9.17) is 9.47 Å². The van der Waals surface area contributed by atoms with E-state index < -0.39 is 10.0 Å². The Balaban J connectivity index is 1.74. The number of benzene rings is 2. The number of morpholine rings is 1. The monoisotopic (exact) mass is 497 g/mol. The molecule has 30 heavy (non-hydrogen) atoms. The quantitative estimate of drug-likeness (QED) is 0.543. The number of nitrogens with zero attached hydrogens (tertiary/aromatic N) is 1. The van der Waals surface area contributed by atoms with E-state index in [-0.39, 0.29) is 24.0 Å². The maximum Gasteiger partial charge on any atom is 0.255 e. The van der Waals surface area contributed by atoms with Crippen molar-refractivity contribution < 1.29 is 22.7 Å². The normalized spacial score (nSPS) is 14.5. The van der Waals surface area contributed by atoms with Crippen LogP contribution in [0.2, 0.25) is 0 Å². The molecule has 0 aliphatic carbocycles. The summed E-state index contributed by atoms with van der Waals surface area (Å²) in [5.41, 5.74) is 1.95. The van der Waals surface area contributed by atoms with Crippen LogP contribution in [0.15, 0.2) is 51.8 Å². The summed E-state index contributed by atoms with van der Waals surface area (Å²) in [7, 11) is -2.15. The average Bonchev–Trinajstić information content (AvgIpc) is 2.75. The van der Waals surface area contributed by atoms with Crippen LogP contribution in [0.4, 0.5) is 11.4 Å². The number of rotatable bonds is 8. The highest BCUT2D eigenvalue weighted by Gasteiger charge is 2.18. The predicted molar refractivity (Wildman–Crippen MR) is 119 cm³/mol. The number of methoxy groups -OCH3 is 1. The zero-order chi connectivity index (χ0) is 21.6. The Morgan fingerprint density at radius 2 is 1.87 bits per heavy atom. The molecule has 0 bridgehead atoms. The summed E-state index contributed by atoms with van der Waals surface area (Å²) in [4.78, 5) is 15.0. The number of hydrogen-bond acceptors (Lipinski definition) is 6. The van der Waals surface area contributed by atoms with Crippen LogP contribution in [0.1, 0.15) is 10.4 Å². The van der Waals surface area contributed by atoms with Crippen LogP contribution < -0.4 is 14.9 Å². The molecule has 2 N–H and O–H groups in total. The molecule has 0 radical (unpaired) electrons. The van der Waals surface area contributed by atoms with Crippen molar-refractivity contribution in [3.63, 3.8) is 0 Å². The molecule has 0 spiro atoms. The van der Waals surface area contributed by atoms with Crippen molar-refractivity contribution in [2.24, 2.45) is 0 Å². The molecule has 1 fully saturated rings. The van der Waals surface area contributed by atoms with Gasteiger partial charge in [0.25, 0.3) is 5.91 Å². The molecule has 1 saturated heterocycles. The molecule has 3 rings (SSSR count). The van der Waals surface area contributed by atoms with Crippen LogP contribution in [0.5, 0.6) is 0 Å². The van der Waals surface area contributed by atoms with E-state index in [0.29, 0.717) is 24.5 Å². The van der Waals surface area contributed by atoms with Gasteiger partial charge in [-0.05, 0) is 42.5 Å². The van der Waals surface area contributed by atoms with Crippen molar-refractivity contribution >= 4 is 43.2 Å². The smallest absolute Gasteiger partial charge is 0.255 e. The zero-order valence-electron chi connectivity index (χ0n) is 16.6. The van der Waals surface area contributed by atoms with Crippen molar-refractivity contribution in [2.75, 3.05) is 56.8 Å². The maximum absolute atomic E-state index is 12.8. The summed E-state index contributed by atoms with van der Waals surface area (Å²) < 4.78 is 38.0. The first-order valence-electron chi connectivity index (χ1n) is 9.43. The third-order valence-electron chi connectivity index (χ3n) is 4.58. The topological polar surface area (TPSA) is 97.0 Å². The second-order valence-corrected chi connectivity index (χ2v) is 9.31. The molecule has 0 unspecified atom stereocenters. The minimum absolute atomic E-state index is 0.0895. The standard InChI is InChI=1S/C20H24BrN3O5S/c1-28-11-8-22-30(26,27)17-5-2-15(3-6-17)20(25)23-18-14-16(21)4-7-19(18)24-9-12-29-13-10-24/h2-7,14,22H,8-13H2,1H3,(H,23,25). The van der Waals surface area contributed by atoms with E-state index in [1.54, 1.807) is 0 Å². The Kier molecular flexibility index (Phi) is 7.84. The van der Waals surface area contributed by atoms with Gasteiger partial charge in [-0.1, -0.05) is 15.9 Å². The number of sulfonamides is 1. The van der Waals surface area contributed by atoms with Crippen molar-refractivity contribution in [3.05, 3.63) is 52.5 Å². The number of halogens is 1. The lowest BCUT2D eigenvalue weighted by molar-refractivity contribution is 0.102. The first kappa shape index (κ1) is 22.7. The summed E-state index contributed by atoms with van der Waals surface area (Å²) >= 11 is 3.45. The van der Waals surface area contributed by atoms with Gasteiger partial charge in [0.2, 0.25) is 10.0 Å². The third kappa shape index (κ3) is 5.79. The molecule has 10 heteroatoms. The van der Waals surface area contributed by atoms with E-state index in [9.17, 15) is 13.2 Å². The van der Waals surface area contributed by atoms with E-state index in [2.05, 4.69) is 30.9 Å². The van der Waals surface area contributed by atoms with E-state index in [1.807, 2.05) is 18.2 Å². The molecule has 8 nitrogen and oxygen atoms in total. The second-order valence-electron chi connectivity index (χ2n) is 6.63. The minimum Gasteiger partial charge on any atom is -0.383 e. The first-order chi connectivity index (χ1) is 14.4. The minimum atomic E-state index is -3.65. The highest BCUT2D eigenvalue weighted by atomic mass is 79.9. The molecule has 1 aliphatic heterocycles. The van der Waals surface area contributed by atoms with Crippen LogP contribution in [0.25, 0.3) is 0 Å². The summed E-state index contributed by atoms with van der Waals surface area (Å²) in [6.07, 6.45) is 0. The van der Waals surface area contributed by atoms with Crippen molar-refractivity contribution in [1.82, 2.24) is 4.72 Å². The van der Waals surface area contributed by atoms with E-state index >= 15 is 0 Å². The number of ether oxygens (including phenoxy) is 2. The summed E-state index contributed by atoms with van der Waals surface area (Å²) in [5, 5.41) is 2.93. The molecular weight excluding hydrogens is 474 g/mol.